The Bertz CT molecular complexity index is 462. The lowest BCUT2D eigenvalue weighted by atomic mass is 10.2. The first-order valence-corrected chi connectivity index (χ1v) is 5.67. The molecule has 0 saturated heterocycles. The summed E-state index contributed by atoms with van der Waals surface area (Å²) in [6.07, 6.45) is 0. The van der Waals surface area contributed by atoms with Crippen LogP contribution in [0.25, 0.3) is 0 Å². The van der Waals surface area contributed by atoms with E-state index in [1.54, 1.807) is 6.07 Å². The third-order valence-corrected chi connectivity index (χ3v) is 2.81. The summed E-state index contributed by atoms with van der Waals surface area (Å²) in [6.45, 7) is 0. The quantitative estimate of drug-likeness (QED) is 0.744. The summed E-state index contributed by atoms with van der Waals surface area (Å²) in [4.78, 5) is 2.04. The van der Waals surface area contributed by atoms with E-state index < -0.39 is 0 Å². The third-order valence-electron chi connectivity index (χ3n) is 2.38. The molecule has 0 amide bonds. The maximum absolute atomic E-state index is 5.97. The number of nitrogens with zero attached hydrogens (tertiary/aromatic N) is 1. The SMILES string of the molecule is CN(c1ccccc1)c1cc(Cl)cc(Cl)c1. The van der Waals surface area contributed by atoms with Crippen molar-refractivity contribution in [2.75, 3.05) is 11.9 Å². The van der Waals surface area contributed by atoms with E-state index in [4.69, 9.17) is 23.2 Å². The van der Waals surface area contributed by atoms with E-state index in [9.17, 15) is 0 Å². The van der Waals surface area contributed by atoms with Gasteiger partial charge in [-0.25, -0.2) is 0 Å². The Labute approximate surface area is 105 Å². The molecule has 0 unspecified atom stereocenters. The molecular weight excluding hydrogens is 241 g/mol. The summed E-state index contributed by atoms with van der Waals surface area (Å²) >= 11 is 11.9. The lowest BCUT2D eigenvalue weighted by Gasteiger charge is -2.19. The van der Waals surface area contributed by atoms with E-state index in [1.807, 2.05) is 54.4 Å². The summed E-state index contributed by atoms with van der Waals surface area (Å²) in [5, 5.41) is 1.29. The van der Waals surface area contributed by atoms with Crippen molar-refractivity contribution >= 4 is 34.6 Å². The molecule has 82 valence electrons. The average Bonchev–Trinajstić information content (AvgIpc) is 2.28. The molecule has 0 aliphatic heterocycles. The smallest absolute Gasteiger partial charge is 0.0441 e. The molecule has 0 heterocycles. The Morgan fingerprint density at radius 2 is 1.38 bits per heavy atom. The molecule has 0 radical (unpaired) electrons. The molecule has 0 spiro atoms. The Balaban J connectivity index is 2.37. The van der Waals surface area contributed by atoms with Gasteiger partial charge in [0.1, 0.15) is 0 Å². The first kappa shape index (κ1) is 11.3. The van der Waals surface area contributed by atoms with Crippen LogP contribution in [-0.2, 0) is 0 Å². The van der Waals surface area contributed by atoms with Crippen molar-refractivity contribution in [1.82, 2.24) is 0 Å². The van der Waals surface area contributed by atoms with Crippen LogP contribution in [0.5, 0.6) is 0 Å². The highest BCUT2D eigenvalue weighted by atomic mass is 35.5. The zero-order valence-corrected chi connectivity index (χ0v) is 10.3. The molecule has 0 fully saturated rings. The highest BCUT2D eigenvalue weighted by Gasteiger charge is 2.05. The van der Waals surface area contributed by atoms with E-state index in [-0.39, 0.29) is 0 Å². The van der Waals surface area contributed by atoms with Crippen molar-refractivity contribution in [3.63, 3.8) is 0 Å². The largest absolute Gasteiger partial charge is 0.345 e. The molecule has 0 N–H and O–H groups in total. The molecule has 0 bridgehead atoms. The number of hydrogen-bond acceptors (Lipinski definition) is 1. The van der Waals surface area contributed by atoms with Crippen LogP contribution in [-0.4, -0.2) is 7.05 Å². The van der Waals surface area contributed by atoms with Gasteiger partial charge in [0.15, 0.2) is 0 Å². The number of benzene rings is 2. The van der Waals surface area contributed by atoms with E-state index >= 15 is 0 Å². The van der Waals surface area contributed by atoms with Crippen molar-refractivity contribution < 1.29 is 0 Å². The predicted molar refractivity (Wildman–Crippen MR) is 71.0 cm³/mol. The maximum Gasteiger partial charge on any atom is 0.0441 e. The summed E-state index contributed by atoms with van der Waals surface area (Å²) in [5.74, 6) is 0. The summed E-state index contributed by atoms with van der Waals surface area (Å²) in [5.41, 5.74) is 2.07. The minimum absolute atomic E-state index is 0.644. The van der Waals surface area contributed by atoms with Gasteiger partial charge in [0.2, 0.25) is 0 Å². The number of rotatable bonds is 2. The second kappa shape index (κ2) is 4.77. The molecule has 3 heteroatoms. The van der Waals surface area contributed by atoms with Gasteiger partial charge in [0.05, 0.1) is 0 Å². The predicted octanol–water partition coefficient (Wildman–Crippen LogP) is 4.76. The van der Waals surface area contributed by atoms with Crippen molar-refractivity contribution in [3.05, 3.63) is 58.6 Å². The molecule has 16 heavy (non-hydrogen) atoms. The Kier molecular flexibility index (Phi) is 3.37. The van der Waals surface area contributed by atoms with Crippen LogP contribution in [0.3, 0.4) is 0 Å². The Hall–Kier alpha value is -1.18. The summed E-state index contributed by atoms with van der Waals surface area (Å²) in [6, 6.07) is 15.6. The fraction of sp³-hybridized carbons (Fsp3) is 0.0769. The standard InChI is InChI=1S/C13H11Cl2N/c1-16(12-5-3-2-4-6-12)13-8-10(14)7-11(15)9-13/h2-9H,1H3. The fourth-order valence-corrected chi connectivity index (χ4v) is 2.05. The van der Waals surface area contributed by atoms with Gasteiger partial charge in [0.25, 0.3) is 0 Å². The second-order valence-corrected chi connectivity index (χ2v) is 4.40. The van der Waals surface area contributed by atoms with Gasteiger partial charge in [-0.2, -0.15) is 0 Å². The zero-order valence-electron chi connectivity index (χ0n) is 8.82. The van der Waals surface area contributed by atoms with Crippen LogP contribution in [0, 0.1) is 0 Å². The maximum atomic E-state index is 5.97. The van der Waals surface area contributed by atoms with E-state index in [2.05, 4.69) is 0 Å². The molecule has 0 aromatic heterocycles. The minimum atomic E-state index is 0.644. The Morgan fingerprint density at radius 3 is 1.94 bits per heavy atom. The second-order valence-electron chi connectivity index (χ2n) is 3.52. The minimum Gasteiger partial charge on any atom is -0.345 e. The van der Waals surface area contributed by atoms with Gasteiger partial charge in [-0.05, 0) is 30.3 Å². The highest BCUT2D eigenvalue weighted by Crippen LogP contribution is 2.29. The lowest BCUT2D eigenvalue weighted by molar-refractivity contribution is 1.21. The van der Waals surface area contributed by atoms with Crippen LogP contribution < -0.4 is 4.90 Å². The van der Waals surface area contributed by atoms with Crippen molar-refractivity contribution in [2.45, 2.75) is 0 Å². The molecule has 0 atom stereocenters. The van der Waals surface area contributed by atoms with Gasteiger partial charge in [-0.3, -0.25) is 0 Å². The average molecular weight is 252 g/mol. The number of anilines is 2. The van der Waals surface area contributed by atoms with Gasteiger partial charge < -0.3 is 4.90 Å². The topological polar surface area (TPSA) is 3.24 Å². The highest BCUT2D eigenvalue weighted by molar-refractivity contribution is 6.35. The molecule has 1 nitrogen and oxygen atoms in total. The molecule has 2 rings (SSSR count). The number of para-hydroxylation sites is 1. The first-order chi connectivity index (χ1) is 7.66. The van der Waals surface area contributed by atoms with Gasteiger partial charge >= 0.3 is 0 Å². The van der Waals surface area contributed by atoms with Gasteiger partial charge in [-0.1, -0.05) is 41.4 Å². The van der Waals surface area contributed by atoms with Crippen LogP contribution >= 0.6 is 23.2 Å². The molecule has 2 aromatic carbocycles. The van der Waals surface area contributed by atoms with E-state index in [0.29, 0.717) is 10.0 Å². The lowest BCUT2D eigenvalue weighted by Crippen LogP contribution is -2.08. The van der Waals surface area contributed by atoms with E-state index in [1.165, 1.54) is 0 Å². The fourth-order valence-electron chi connectivity index (χ4n) is 1.53. The first-order valence-electron chi connectivity index (χ1n) is 4.92. The molecule has 2 aromatic rings. The van der Waals surface area contributed by atoms with Gasteiger partial charge in [0, 0.05) is 28.5 Å². The number of halogens is 2. The summed E-state index contributed by atoms with van der Waals surface area (Å²) < 4.78 is 0. The van der Waals surface area contributed by atoms with Crippen molar-refractivity contribution in [1.29, 1.82) is 0 Å². The van der Waals surface area contributed by atoms with Crippen LogP contribution in [0.15, 0.2) is 48.5 Å². The summed E-state index contributed by atoms with van der Waals surface area (Å²) in [7, 11) is 1.98. The van der Waals surface area contributed by atoms with Crippen LogP contribution in [0.2, 0.25) is 10.0 Å². The normalized spacial score (nSPS) is 10.2. The molecule has 0 aliphatic carbocycles. The Morgan fingerprint density at radius 1 is 0.812 bits per heavy atom. The van der Waals surface area contributed by atoms with Gasteiger partial charge in [-0.15, -0.1) is 0 Å². The number of hydrogen-bond donors (Lipinski definition) is 0. The molecular formula is C13H11Cl2N. The molecule has 0 aliphatic rings. The third kappa shape index (κ3) is 2.49. The van der Waals surface area contributed by atoms with E-state index in [0.717, 1.165) is 11.4 Å². The molecule has 0 saturated carbocycles. The zero-order chi connectivity index (χ0) is 11.5. The van der Waals surface area contributed by atoms with Crippen LogP contribution in [0.4, 0.5) is 11.4 Å². The van der Waals surface area contributed by atoms with Crippen molar-refractivity contribution in [2.24, 2.45) is 0 Å². The monoisotopic (exact) mass is 251 g/mol. The van der Waals surface area contributed by atoms with Crippen molar-refractivity contribution in [3.8, 4) is 0 Å². The van der Waals surface area contributed by atoms with Crippen LogP contribution in [0.1, 0.15) is 0 Å².